The van der Waals surface area contributed by atoms with E-state index in [-0.39, 0.29) is 39.2 Å². The van der Waals surface area contributed by atoms with Gasteiger partial charge in [0.1, 0.15) is 5.92 Å². The first kappa shape index (κ1) is 38.4. The molecule has 3 heterocycles. The van der Waals surface area contributed by atoms with E-state index in [0.717, 1.165) is 44.2 Å². The highest BCUT2D eigenvalue weighted by atomic mass is 35.5. The van der Waals surface area contributed by atoms with Crippen molar-refractivity contribution in [2.24, 2.45) is 10.9 Å². The van der Waals surface area contributed by atoms with Crippen LogP contribution in [-0.2, 0) is 30.3 Å². The van der Waals surface area contributed by atoms with Gasteiger partial charge in [0.15, 0.2) is 0 Å². The second-order valence-corrected chi connectivity index (χ2v) is 15.0. The van der Waals surface area contributed by atoms with Crippen molar-refractivity contribution in [1.82, 2.24) is 19.7 Å². The average Bonchev–Trinajstić information content (AvgIpc) is 3.83. The summed E-state index contributed by atoms with van der Waals surface area (Å²) in [6, 6.07) is 5.02. The lowest BCUT2D eigenvalue weighted by molar-refractivity contribution is -0.143. The fourth-order valence-electron chi connectivity index (χ4n) is 8.17. The number of thiazole rings is 1. The van der Waals surface area contributed by atoms with Crippen LogP contribution in [0.2, 0.25) is 10.0 Å². The Morgan fingerprint density at radius 1 is 1.00 bits per heavy atom. The Labute approximate surface area is 309 Å². The van der Waals surface area contributed by atoms with E-state index < -0.39 is 23.8 Å². The van der Waals surface area contributed by atoms with Crippen molar-refractivity contribution in [3.8, 4) is 0 Å². The lowest BCUT2D eigenvalue weighted by Gasteiger charge is -2.43. The molecule has 2 unspecified atom stereocenters. The summed E-state index contributed by atoms with van der Waals surface area (Å²) in [7, 11) is 2.56. The van der Waals surface area contributed by atoms with Gasteiger partial charge in [0.2, 0.25) is 5.91 Å². The Kier molecular flexibility index (Phi) is 13.5. The Morgan fingerprint density at radius 3 is 2.26 bits per heavy atom. The maximum Gasteiger partial charge on any atom is 0.336 e. The number of hydrogen-bond donors (Lipinski definition) is 0. The molecule has 1 aromatic carbocycles. The van der Waals surface area contributed by atoms with E-state index in [1.165, 1.54) is 51.2 Å². The van der Waals surface area contributed by atoms with Crippen LogP contribution < -0.4 is 0 Å². The molecular formula is C37H49Cl2N5O5S. The number of aryl methyl sites for hydroxylation is 1. The summed E-state index contributed by atoms with van der Waals surface area (Å²) in [4.78, 5) is 57.5. The molecule has 0 spiro atoms. The minimum atomic E-state index is -1.02. The Bertz CT molecular complexity index is 1540. The van der Waals surface area contributed by atoms with Gasteiger partial charge in [-0.3, -0.25) is 24.4 Å². The van der Waals surface area contributed by atoms with E-state index in [1.807, 2.05) is 10.3 Å². The van der Waals surface area contributed by atoms with Gasteiger partial charge in [-0.25, -0.2) is 9.78 Å². The summed E-state index contributed by atoms with van der Waals surface area (Å²) in [6.45, 7) is 10.4. The van der Waals surface area contributed by atoms with Gasteiger partial charge in [0.25, 0.3) is 0 Å². The summed E-state index contributed by atoms with van der Waals surface area (Å²) in [5.41, 5.74) is 1.48. The first-order valence-corrected chi connectivity index (χ1v) is 19.3. The highest BCUT2D eigenvalue weighted by molar-refractivity contribution is 7.09. The number of rotatable bonds is 14. The quantitative estimate of drug-likeness (QED) is 0.204. The van der Waals surface area contributed by atoms with Crippen LogP contribution in [0.5, 0.6) is 0 Å². The van der Waals surface area contributed by atoms with Gasteiger partial charge in [0.05, 0.1) is 36.9 Å². The molecule has 10 nitrogen and oxygen atoms in total. The van der Waals surface area contributed by atoms with Crippen LogP contribution in [0, 0.1) is 5.92 Å². The van der Waals surface area contributed by atoms with Crippen LogP contribution in [-0.4, -0.2) is 109 Å². The first-order valence-electron chi connectivity index (χ1n) is 17.7. The minimum absolute atomic E-state index is 0.0844. The predicted molar refractivity (Wildman–Crippen MR) is 198 cm³/mol. The van der Waals surface area contributed by atoms with Crippen LogP contribution in [0.25, 0.3) is 0 Å². The number of aromatic nitrogens is 1. The van der Waals surface area contributed by atoms with Crippen molar-refractivity contribution in [3.05, 3.63) is 61.7 Å². The standard InChI is InChI=1S/C37H49Cl2N5O5S/c1-5-44(6-2)37(14-7-8-15-37)16-18-42-19-21-43(22-20-42)30(45)24-28-33(36(47)49-4)34(31-25(38)10-9-11-26(31)39)32(35(46)48-3)27(41-28)12-13-29-40-17-23-50-29/h9-11,17,23,32,34H,5-8,12-16,18-22,24H2,1-4H3. The molecule has 1 saturated carbocycles. The van der Waals surface area contributed by atoms with E-state index in [2.05, 4.69) is 28.6 Å². The molecule has 0 bridgehead atoms. The van der Waals surface area contributed by atoms with E-state index in [1.54, 1.807) is 24.4 Å². The van der Waals surface area contributed by atoms with Gasteiger partial charge < -0.3 is 14.4 Å². The minimum Gasteiger partial charge on any atom is -0.468 e. The molecule has 5 rings (SSSR count). The number of nitrogens with zero attached hydrogens (tertiary/aromatic N) is 5. The van der Waals surface area contributed by atoms with Crippen LogP contribution in [0.15, 0.2) is 46.0 Å². The molecule has 272 valence electrons. The van der Waals surface area contributed by atoms with Crippen molar-refractivity contribution in [2.75, 3.05) is 60.0 Å². The number of carbonyl (C=O) groups is 3. The third-order valence-corrected chi connectivity index (χ3v) is 12.2. The second-order valence-electron chi connectivity index (χ2n) is 13.2. The molecule has 1 amide bonds. The summed E-state index contributed by atoms with van der Waals surface area (Å²) >= 11 is 15.0. The lowest BCUT2D eigenvalue weighted by atomic mass is 9.74. The molecule has 2 fully saturated rings. The highest BCUT2D eigenvalue weighted by Crippen LogP contribution is 2.46. The number of amides is 1. The molecule has 2 atom stereocenters. The van der Waals surface area contributed by atoms with Crippen molar-refractivity contribution < 1.29 is 23.9 Å². The van der Waals surface area contributed by atoms with Crippen LogP contribution >= 0.6 is 34.5 Å². The van der Waals surface area contributed by atoms with Crippen molar-refractivity contribution >= 4 is 58.1 Å². The molecule has 1 aromatic heterocycles. The molecule has 2 aromatic rings. The van der Waals surface area contributed by atoms with E-state index in [0.29, 0.717) is 37.2 Å². The Hall–Kier alpha value is -2.83. The Balaban J connectivity index is 1.41. The number of ether oxygens (including phenoxy) is 2. The Morgan fingerprint density at radius 2 is 1.68 bits per heavy atom. The molecule has 13 heteroatoms. The van der Waals surface area contributed by atoms with Gasteiger partial charge in [-0.2, -0.15) is 0 Å². The van der Waals surface area contributed by atoms with E-state index in [9.17, 15) is 14.4 Å². The summed E-state index contributed by atoms with van der Waals surface area (Å²) in [5.74, 6) is -3.43. The number of halogens is 2. The summed E-state index contributed by atoms with van der Waals surface area (Å²) < 4.78 is 10.6. The van der Waals surface area contributed by atoms with Crippen LogP contribution in [0.4, 0.5) is 0 Å². The number of aliphatic imine (C=N–C) groups is 1. The predicted octanol–water partition coefficient (Wildman–Crippen LogP) is 6.42. The zero-order valence-electron chi connectivity index (χ0n) is 29.6. The number of carbonyl (C=O) groups excluding carboxylic acids is 3. The number of esters is 2. The fourth-order valence-corrected chi connectivity index (χ4v) is 9.42. The van der Waals surface area contributed by atoms with Crippen molar-refractivity contribution in [1.29, 1.82) is 0 Å². The topological polar surface area (TPSA) is 105 Å². The zero-order chi connectivity index (χ0) is 35.8. The summed E-state index contributed by atoms with van der Waals surface area (Å²) in [6.07, 6.45) is 8.70. The third kappa shape index (κ3) is 8.44. The average molecular weight is 747 g/mol. The molecule has 50 heavy (non-hydrogen) atoms. The SMILES string of the molecule is CCN(CC)C1(CCN2CCN(C(=O)CC3=C(C(=O)OC)C(c4c(Cl)cccc4Cl)C(C(=O)OC)C(CCc4nccs4)=N3)CC2)CCCC1. The fraction of sp³-hybridized carbons (Fsp3) is 0.595. The van der Waals surface area contributed by atoms with Crippen LogP contribution in [0.1, 0.15) is 75.3 Å². The molecule has 0 N–H and O–H groups in total. The number of benzene rings is 1. The van der Waals surface area contributed by atoms with Crippen LogP contribution in [0.3, 0.4) is 0 Å². The van der Waals surface area contributed by atoms with Gasteiger partial charge in [0, 0.05) is 77.9 Å². The van der Waals surface area contributed by atoms with Crippen molar-refractivity contribution in [2.45, 2.75) is 76.7 Å². The van der Waals surface area contributed by atoms with Gasteiger partial charge >= 0.3 is 11.9 Å². The highest BCUT2D eigenvalue weighted by Gasteiger charge is 2.46. The van der Waals surface area contributed by atoms with E-state index >= 15 is 0 Å². The normalized spacial score (nSPS) is 21.0. The number of piperazine rings is 1. The molecule has 1 aliphatic carbocycles. The largest absolute Gasteiger partial charge is 0.468 e. The van der Waals surface area contributed by atoms with Gasteiger partial charge in [-0.15, -0.1) is 11.3 Å². The number of methoxy groups -OCH3 is 2. The molecule has 2 aliphatic heterocycles. The summed E-state index contributed by atoms with van der Waals surface area (Å²) in [5, 5.41) is 3.32. The molecule has 1 saturated heterocycles. The van der Waals surface area contributed by atoms with Gasteiger partial charge in [-0.05, 0) is 56.5 Å². The maximum atomic E-state index is 14.0. The van der Waals surface area contributed by atoms with Crippen molar-refractivity contribution in [3.63, 3.8) is 0 Å². The lowest BCUT2D eigenvalue weighted by Crippen LogP contribution is -2.52. The zero-order valence-corrected chi connectivity index (χ0v) is 31.9. The van der Waals surface area contributed by atoms with E-state index in [4.69, 9.17) is 37.7 Å². The maximum absolute atomic E-state index is 14.0. The number of hydrogen-bond acceptors (Lipinski definition) is 10. The molecular weight excluding hydrogens is 697 g/mol. The smallest absolute Gasteiger partial charge is 0.336 e. The monoisotopic (exact) mass is 745 g/mol. The van der Waals surface area contributed by atoms with Gasteiger partial charge in [-0.1, -0.05) is 56.0 Å². The second kappa shape index (κ2) is 17.6. The molecule has 0 radical (unpaired) electrons. The molecule has 3 aliphatic rings. The first-order chi connectivity index (χ1) is 24.2. The third-order valence-electron chi connectivity index (χ3n) is 10.7.